The van der Waals surface area contributed by atoms with Crippen LogP contribution in [0, 0.1) is 10.1 Å². The van der Waals surface area contributed by atoms with E-state index >= 15 is 0 Å². The number of ether oxygens (including phenoxy) is 1. The van der Waals surface area contributed by atoms with Crippen molar-refractivity contribution in [1.29, 1.82) is 0 Å². The molecule has 0 aromatic heterocycles. The summed E-state index contributed by atoms with van der Waals surface area (Å²) in [6, 6.07) is 6.51. The fraction of sp³-hybridized carbons (Fsp3) is 0.562. The Labute approximate surface area is 136 Å². The second-order valence-corrected chi connectivity index (χ2v) is 6.58. The van der Waals surface area contributed by atoms with Crippen LogP contribution in [-0.2, 0) is 4.74 Å². The Morgan fingerprint density at radius 1 is 1.13 bits per heavy atom. The zero-order valence-electron chi connectivity index (χ0n) is 13.8. The lowest BCUT2D eigenvalue weighted by atomic mass is 10.2. The van der Waals surface area contributed by atoms with E-state index in [0.29, 0.717) is 19.6 Å². The number of nitrogens with zero attached hydrogens (tertiary/aromatic N) is 3. The number of non-ortho nitro benzene ring substituents is 1. The molecular formula is C16H23N3O4. The monoisotopic (exact) mass is 321 g/mol. The summed E-state index contributed by atoms with van der Waals surface area (Å²) in [7, 11) is 0. The first-order valence-corrected chi connectivity index (χ1v) is 7.73. The molecule has 1 fully saturated rings. The Bertz CT molecular complexity index is 566. The van der Waals surface area contributed by atoms with E-state index < -0.39 is 10.5 Å². The smallest absolute Gasteiger partial charge is 0.410 e. The van der Waals surface area contributed by atoms with Crippen LogP contribution in [0.5, 0.6) is 0 Å². The Morgan fingerprint density at radius 3 is 2.35 bits per heavy atom. The predicted octanol–water partition coefficient (Wildman–Crippen LogP) is 3.04. The lowest BCUT2D eigenvalue weighted by Crippen LogP contribution is -2.39. The van der Waals surface area contributed by atoms with Crippen molar-refractivity contribution < 1.29 is 14.5 Å². The van der Waals surface area contributed by atoms with Gasteiger partial charge in [-0.3, -0.25) is 10.1 Å². The highest BCUT2D eigenvalue weighted by Crippen LogP contribution is 2.21. The quantitative estimate of drug-likeness (QED) is 0.618. The van der Waals surface area contributed by atoms with E-state index in [9.17, 15) is 14.9 Å². The maximum absolute atomic E-state index is 12.1. The van der Waals surface area contributed by atoms with Gasteiger partial charge in [0, 0.05) is 44.0 Å². The van der Waals surface area contributed by atoms with E-state index in [-0.39, 0.29) is 11.8 Å². The molecule has 126 valence electrons. The summed E-state index contributed by atoms with van der Waals surface area (Å²) in [6.07, 6.45) is 0.541. The highest BCUT2D eigenvalue weighted by atomic mass is 16.6. The van der Waals surface area contributed by atoms with Crippen molar-refractivity contribution in [3.63, 3.8) is 0 Å². The minimum Gasteiger partial charge on any atom is -0.444 e. The summed E-state index contributed by atoms with van der Waals surface area (Å²) in [5, 5.41) is 10.7. The zero-order valence-corrected chi connectivity index (χ0v) is 13.8. The Hall–Kier alpha value is -2.31. The van der Waals surface area contributed by atoms with Crippen LogP contribution in [0.25, 0.3) is 0 Å². The van der Waals surface area contributed by atoms with E-state index in [2.05, 4.69) is 4.90 Å². The molecule has 2 rings (SSSR count). The average molecular weight is 321 g/mol. The van der Waals surface area contributed by atoms with Gasteiger partial charge in [0.1, 0.15) is 5.60 Å². The lowest BCUT2D eigenvalue weighted by Gasteiger charge is -2.26. The fourth-order valence-corrected chi connectivity index (χ4v) is 2.47. The molecule has 0 spiro atoms. The highest BCUT2D eigenvalue weighted by Gasteiger charge is 2.24. The first kappa shape index (κ1) is 17.1. The fourth-order valence-electron chi connectivity index (χ4n) is 2.47. The van der Waals surface area contributed by atoms with Crippen molar-refractivity contribution in [2.24, 2.45) is 0 Å². The molecule has 1 aromatic carbocycles. The Balaban J connectivity index is 1.98. The molecule has 1 amide bonds. The first-order valence-electron chi connectivity index (χ1n) is 7.73. The molecule has 7 heteroatoms. The van der Waals surface area contributed by atoms with Crippen molar-refractivity contribution >= 4 is 17.5 Å². The van der Waals surface area contributed by atoms with E-state index in [1.165, 1.54) is 12.1 Å². The van der Waals surface area contributed by atoms with Gasteiger partial charge in [0.2, 0.25) is 0 Å². The summed E-state index contributed by atoms with van der Waals surface area (Å²) in [5.74, 6) is 0. The van der Waals surface area contributed by atoms with Crippen molar-refractivity contribution in [3.05, 3.63) is 34.4 Å². The minimum absolute atomic E-state index is 0.0824. The number of nitro groups is 1. The Kier molecular flexibility index (Phi) is 5.08. The largest absolute Gasteiger partial charge is 0.444 e. The standard InChI is InChI=1S/C16H23N3O4/c1-16(2,3)23-15(20)18-10-4-9-17(11-12-18)13-5-7-14(8-6-13)19(21)22/h5-8H,4,9-12H2,1-3H3. The second kappa shape index (κ2) is 6.85. The van der Waals surface area contributed by atoms with Gasteiger partial charge in [0.05, 0.1) is 4.92 Å². The van der Waals surface area contributed by atoms with Gasteiger partial charge in [-0.05, 0) is 39.3 Å². The summed E-state index contributed by atoms with van der Waals surface area (Å²) in [5.41, 5.74) is 0.516. The van der Waals surface area contributed by atoms with Gasteiger partial charge in [0.15, 0.2) is 0 Å². The molecule has 1 aliphatic rings. The van der Waals surface area contributed by atoms with Crippen LogP contribution in [0.2, 0.25) is 0 Å². The molecule has 0 aliphatic carbocycles. The van der Waals surface area contributed by atoms with Crippen LogP contribution in [0.1, 0.15) is 27.2 Å². The van der Waals surface area contributed by atoms with Gasteiger partial charge in [0.25, 0.3) is 5.69 Å². The van der Waals surface area contributed by atoms with Crippen molar-refractivity contribution in [3.8, 4) is 0 Å². The summed E-state index contributed by atoms with van der Waals surface area (Å²) in [4.78, 5) is 26.3. The number of carbonyl (C=O) groups excluding carboxylic acids is 1. The molecule has 1 aromatic rings. The molecule has 7 nitrogen and oxygen atoms in total. The summed E-state index contributed by atoms with van der Waals surface area (Å²) in [6.45, 7) is 8.27. The maximum Gasteiger partial charge on any atom is 0.410 e. The lowest BCUT2D eigenvalue weighted by molar-refractivity contribution is -0.384. The molecule has 1 aliphatic heterocycles. The molecule has 1 heterocycles. The van der Waals surface area contributed by atoms with E-state index in [0.717, 1.165) is 18.7 Å². The van der Waals surface area contributed by atoms with Crippen LogP contribution in [0.15, 0.2) is 24.3 Å². The normalized spacial score (nSPS) is 16.0. The van der Waals surface area contributed by atoms with Crippen molar-refractivity contribution in [2.45, 2.75) is 32.8 Å². The van der Waals surface area contributed by atoms with Crippen LogP contribution >= 0.6 is 0 Å². The SMILES string of the molecule is CC(C)(C)OC(=O)N1CCCN(c2ccc([N+](=O)[O-])cc2)CC1. The van der Waals surface area contributed by atoms with Crippen LogP contribution in [0.4, 0.5) is 16.2 Å². The number of hydrogen-bond donors (Lipinski definition) is 0. The molecule has 1 saturated heterocycles. The third-order valence-corrected chi connectivity index (χ3v) is 3.57. The number of hydrogen-bond acceptors (Lipinski definition) is 5. The van der Waals surface area contributed by atoms with Gasteiger partial charge in [-0.2, -0.15) is 0 Å². The average Bonchev–Trinajstić information content (AvgIpc) is 2.71. The highest BCUT2D eigenvalue weighted by molar-refractivity contribution is 5.68. The summed E-state index contributed by atoms with van der Waals surface area (Å²) < 4.78 is 5.41. The minimum atomic E-state index is -0.499. The number of nitro benzene ring substituents is 1. The Morgan fingerprint density at radius 2 is 1.78 bits per heavy atom. The van der Waals surface area contributed by atoms with Crippen molar-refractivity contribution in [2.75, 3.05) is 31.1 Å². The topological polar surface area (TPSA) is 75.9 Å². The molecule has 0 atom stereocenters. The molecule has 0 radical (unpaired) electrons. The van der Waals surface area contributed by atoms with Crippen LogP contribution in [0.3, 0.4) is 0 Å². The van der Waals surface area contributed by atoms with E-state index in [4.69, 9.17) is 4.74 Å². The zero-order chi connectivity index (χ0) is 17.0. The van der Waals surface area contributed by atoms with E-state index in [1.807, 2.05) is 20.8 Å². The maximum atomic E-state index is 12.1. The van der Waals surface area contributed by atoms with E-state index in [1.54, 1.807) is 17.0 Å². The molecule has 0 bridgehead atoms. The predicted molar refractivity (Wildman–Crippen MR) is 87.7 cm³/mol. The molecule has 0 saturated carbocycles. The second-order valence-electron chi connectivity index (χ2n) is 6.58. The summed E-state index contributed by atoms with van der Waals surface area (Å²) >= 11 is 0. The van der Waals surface area contributed by atoms with Crippen LogP contribution < -0.4 is 4.90 Å². The number of amides is 1. The van der Waals surface area contributed by atoms with Gasteiger partial charge in [-0.25, -0.2) is 4.79 Å². The van der Waals surface area contributed by atoms with Gasteiger partial charge in [-0.15, -0.1) is 0 Å². The first-order chi connectivity index (χ1) is 10.8. The van der Waals surface area contributed by atoms with Crippen LogP contribution in [-0.4, -0.2) is 47.7 Å². The van der Waals surface area contributed by atoms with Gasteiger partial charge >= 0.3 is 6.09 Å². The third kappa shape index (κ3) is 4.84. The number of carbonyl (C=O) groups is 1. The number of anilines is 1. The van der Waals surface area contributed by atoms with Gasteiger partial charge < -0.3 is 14.5 Å². The molecule has 0 N–H and O–H groups in total. The number of benzene rings is 1. The third-order valence-electron chi connectivity index (χ3n) is 3.57. The molecule has 0 unspecified atom stereocenters. The molecule has 23 heavy (non-hydrogen) atoms. The number of rotatable bonds is 2. The van der Waals surface area contributed by atoms with Crippen molar-refractivity contribution in [1.82, 2.24) is 4.90 Å². The van der Waals surface area contributed by atoms with Gasteiger partial charge in [-0.1, -0.05) is 0 Å². The molecular weight excluding hydrogens is 298 g/mol.